The fourth-order valence-corrected chi connectivity index (χ4v) is 1.68. The maximum atomic E-state index is 10.8. The van der Waals surface area contributed by atoms with Crippen molar-refractivity contribution in [3.8, 4) is 11.8 Å². The molecule has 0 spiro atoms. The Morgan fingerprint density at radius 2 is 2.18 bits per heavy atom. The molecule has 1 aromatic carbocycles. The molecule has 2 aromatic rings. The molecule has 1 N–H and O–H groups in total. The molecule has 17 heavy (non-hydrogen) atoms. The topological polar surface area (TPSA) is 64.4 Å². The molecule has 88 valence electrons. The largest absolute Gasteiger partial charge is 0.477 e. The molecular formula is C11H9BrN2O3. The van der Waals surface area contributed by atoms with Crippen molar-refractivity contribution < 1.29 is 14.6 Å². The van der Waals surface area contributed by atoms with Crippen LogP contribution in [0.2, 0.25) is 0 Å². The number of hydrogen-bond acceptors (Lipinski definition) is 3. The molecule has 6 heteroatoms. The van der Waals surface area contributed by atoms with Gasteiger partial charge in [-0.1, -0.05) is 12.1 Å². The molecule has 5 nitrogen and oxygen atoms in total. The van der Waals surface area contributed by atoms with Gasteiger partial charge in [0.1, 0.15) is 11.4 Å². The molecule has 0 atom stereocenters. The van der Waals surface area contributed by atoms with Gasteiger partial charge < -0.3 is 9.84 Å². The van der Waals surface area contributed by atoms with Gasteiger partial charge in [-0.3, -0.25) is 4.57 Å². The summed E-state index contributed by atoms with van der Waals surface area (Å²) in [5, 5.41) is 8.87. The monoisotopic (exact) mass is 296 g/mol. The first-order chi connectivity index (χ1) is 8.09. The lowest BCUT2D eigenvalue weighted by atomic mass is 10.3. The summed E-state index contributed by atoms with van der Waals surface area (Å²) in [6.45, 7) is 0. The van der Waals surface area contributed by atoms with E-state index in [1.807, 2.05) is 18.2 Å². The van der Waals surface area contributed by atoms with Crippen molar-refractivity contribution in [1.82, 2.24) is 9.55 Å². The summed E-state index contributed by atoms with van der Waals surface area (Å²) in [5.74, 6) is -0.458. The van der Waals surface area contributed by atoms with Crippen LogP contribution >= 0.6 is 15.9 Å². The first-order valence-electron chi connectivity index (χ1n) is 4.77. The maximum Gasteiger partial charge on any atom is 0.354 e. The van der Waals surface area contributed by atoms with E-state index >= 15 is 0 Å². The molecule has 0 unspecified atom stereocenters. The normalized spacial score (nSPS) is 10.2. The third kappa shape index (κ3) is 2.31. The Balaban J connectivity index is 2.31. The molecule has 0 saturated heterocycles. The molecule has 0 bridgehead atoms. The van der Waals surface area contributed by atoms with Crippen LogP contribution in [0.3, 0.4) is 0 Å². The number of benzene rings is 1. The zero-order valence-electron chi connectivity index (χ0n) is 8.92. The third-order valence-electron chi connectivity index (χ3n) is 2.20. The van der Waals surface area contributed by atoms with Crippen molar-refractivity contribution in [1.29, 1.82) is 0 Å². The number of aromatic carboxylic acids is 1. The lowest BCUT2D eigenvalue weighted by molar-refractivity contribution is 0.0685. The summed E-state index contributed by atoms with van der Waals surface area (Å²) in [6, 6.07) is 7.50. The SMILES string of the molecule is Cn1c(C(=O)O)cnc1Oc1ccccc1Br. The lowest BCUT2D eigenvalue weighted by Crippen LogP contribution is -2.05. The first-order valence-corrected chi connectivity index (χ1v) is 5.56. The van der Waals surface area contributed by atoms with Crippen molar-refractivity contribution in [2.24, 2.45) is 7.05 Å². The molecule has 0 fully saturated rings. The smallest absolute Gasteiger partial charge is 0.354 e. The second-order valence-corrected chi connectivity index (χ2v) is 4.18. The zero-order valence-corrected chi connectivity index (χ0v) is 10.5. The van der Waals surface area contributed by atoms with Crippen LogP contribution in [-0.2, 0) is 7.05 Å². The van der Waals surface area contributed by atoms with Gasteiger partial charge >= 0.3 is 12.0 Å². The van der Waals surface area contributed by atoms with Crippen molar-refractivity contribution in [3.05, 3.63) is 40.6 Å². The summed E-state index contributed by atoms with van der Waals surface area (Å²) in [6.07, 6.45) is 1.26. The van der Waals surface area contributed by atoms with E-state index in [-0.39, 0.29) is 11.7 Å². The number of rotatable bonds is 3. The van der Waals surface area contributed by atoms with Crippen LogP contribution in [0.1, 0.15) is 10.5 Å². The molecule has 2 rings (SSSR count). The van der Waals surface area contributed by atoms with Gasteiger partial charge in [0.05, 0.1) is 10.7 Å². The lowest BCUT2D eigenvalue weighted by Gasteiger charge is -2.06. The van der Waals surface area contributed by atoms with Gasteiger partial charge in [0.25, 0.3) is 0 Å². The summed E-state index contributed by atoms with van der Waals surface area (Å²) < 4.78 is 7.67. The van der Waals surface area contributed by atoms with Crippen molar-refractivity contribution in [2.45, 2.75) is 0 Å². The average molecular weight is 297 g/mol. The number of carbonyl (C=O) groups is 1. The zero-order chi connectivity index (χ0) is 12.4. The average Bonchev–Trinajstić information content (AvgIpc) is 2.64. The third-order valence-corrected chi connectivity index (χ3v) is 2.86. The molecule has 0 radical (unpaired) electrons. The fraction of sp³-hybridized carbons (Fsp3) is 0.0909. The predicted octanol–water partition coefficient (Wildman–Crippen LogP) is 2.67. The van der Waals surface area contributed by atoms with Crippen LogP contribution in [0, 0.1) is 0 Å². The Kier molecular flexibility index (Phi) is 3.14. The molecule has 0 amide bonds. The molecular weight excluding hydrogens is 288 g/mol. The maximum absolute atomic E-state index is 10.8. The van der Waals surface area contributed by atoms with E-state index < -0.39 is 5.97 Å². The number of nitrogens with zero attached hydrogens (tertiary/aromatic N) is 2. The number of carboxylic acid groups (broad SMARTS) is 1. The number of ether oxygens (including phenoxy) is 1. The van der Waals surface area contributed by atoms with Crippen LogP contribution in [0.5, 0.6) is 11.8 Å². The molecule has 0 aliphatic rings. The highest BCUT2D eigenvalue weighted by molar-refractivity contribution is 9.10. The van der Waals surface area contributed by atoms with Gasteiger partial charge in [-0.15, -0.1) is 0 Å². The predicted molar refractivity (Wildman–Crippen MR) is 64.4 cm³/mol. The quantitative estimate of drug-likeness (QED) is 0.946. The standard InChI is InChI=1S/C11H9BrN2O3/c1-14-8(10(15)16)6-13-11(14)17-9-5-3-2-4-7(9)12/h2-6H,1H3,(H,15,16). The van der Waals surface area contributed by atoms with Crippen molar-refractivity contribution in [3.63, 3.8) is 0 Å². The summed E-state index contributed by atoms with van der Waals surface area (Å²) >= 11 is 3.34. The minimum absolute atomic E-state index is 0.0760. The van der Waals surface area contributed by atoms with Crippen LogP contribution in [0.4, 0.5) is 0 Å². The Bertz CT molecular complexity index is 566. The number of aromatic nitrogens is 2. The van der Waals surface area contributed by atoms with Crippen molar-refractivity contribution >= 4 is 21.9 Å². The highest BCUT2D eigenvalue weighted by Crippen LogP contribution is 2.28. The Hall–Kier alpha value is -1.82. The number of carboxylic acids is 1. The van der Waals surface area contributed by atoms with Crippen LogP contribution in [0.25, 0.3) is 0 Å². The van der Waals surface area contributed by atoms with Crippen LogP contribution in [-0.4, -0.2) is 20.6 Å². The van der Waals surface area contributed by atoms with E-state index in [1.54, 1.807) is 13.1 Å². The minimum Gasteiger partial charge on any atom is -0.477 e. The Morgan fingerprint density at radius 3 is 2.76 bits per heavy atom. The van der Waals surface area contributed by atoms with E-state index in [2.05, 4.69) is 20.9 Å². The fourth-order valence-electron chi connectivity index (χ4n) is 1.31. The van der Waals surface area contributed by atoms with Crippen LogP contribution < -0.4 is 4.74 Å². The number of halogens is 1. The number of hydrogen-bond donors (Lipinski definition) is 1. The Labute approximate surface area is 106 Å². The van der Waals surface area contributed by atoms with Gasteiger partial charge in [-0.25, -0.2) is 9.78 Å². The van der Waals surface area contributed by atoms with Gasteiger partial charge in [0.2, 0.25) is 0 Å². The molecule has 1 heterocycles. The van der Waals surface area contributed by atoms with E-state index in [0.717, 1.165) is 4.47 Å². The second-order valence-electron chi connectivity index (χ2n) is 3.32. The van der Waals surface area contributed by atoms with Gasteiger partial charge in [0.15, 0.2) is 0 Å². The summed E-state index contributed by atoms with van der Waals surface area (Å²) in [5.41, 5.74) is 0.0760. The van der Waals surface area contributed by atoms with E-state index in [0.29, 0.717) is 5.75 Å². The highest BCUT2D eigenvalue weighted by Gasteiger charge is 2.14. The van der Waals surface area contributed by atoms with Gasteiger partial charge in [-0.2, -0.15) is 0 Å². The minimum atomic E-state index is -1.04. The highest BCUT2D eigenvalue weighted by atomic mass is 79.9. The van der Waals surface area contributed by atoms with Crippen molar-refractivity contribution in [2.75, 3.05) is 0 Å². The Morgan fingerprint density at radius 1 is 1.47 bits per heavy atom. The molecule has 0 aliphatic carbocycles. The molecule has 0 saturated carbocycles. The molecule has 0 aliphatic heterocycles. The van der Waals surface area contributed by atoms with Gasteiger partial charge in [0, 0.05) is 7.05 Å². The van der Waals surface area contributed by atoms with E-state index in [4.69, 9.17) is 9.84 Å². The van der Waals surface area contributed by atoms with E-state index in [1.165, 1.54) is 10.8 Å². The van der Waals surface area contributed by atoms with Crippen LogP contribution in [0.15, 0.2) is 34.9 Å². The number of imidazole rings is 1. The van der Waals surface area contributed by atoms with Gasteiger partial charge in [-0.05, 0) is 28.1 Å². The first kappa shape index (κ1) is 11.7. The summed E-state index contributed by atoms with van der Waals surface area (Å²) in [4.78, 5) is 14.7. The van der Waals surface area contributed by atoms with E-state index in [9.17, 15) is 4.79 Å². The summed E-state index contributed by atoms with van der Waals surface area (Å²) in [7, 11) is 1.59. The molecule has 1 aromatic heterocycles. The second kappa shape index (κ2) is 4.58. The number of para-hydroxylation sites is 1.